The van der Waals surface area contributed by atoms with Gasteiger partial charge in [-0.15, -0.1) is 0 Å². The zero-order chi connectivity index (χ0) is 26.3. The molecule has 1 saturated heterocycles. The van der Waals surface area contributed by atoms with E-state index in [2.05, 4.69) is 38.6 Å². The normalized spacial score (nSPS) is 15.1. The summed E-state index contributed by atoms with van der Waals surface area (Å²) in [5.41, 5.74) is 5.29. The van der Waals surface area contributed by atoms with E-state index in [-0.39, 0.29) is 5.82 Å². The first-order chi connectivity index (χ1) is 18.5. The molecule has 0 amide bonds. The van der Waals surface area contributed by atoms with Crippen LogP contribution in [0, 0.1) is 5.82 Å². The molecule has 0 spiro atoms. The van der Waals surface area contributed by atoms with E-state index in [0.29, 0.717) is 6.54 Å². The Morgan fingerprint density at radius 1 is 0.895 bits per heavy atom. The molecule has 6 nitrogen and oxygen atoms in total. The lowest BCUT2D eigenvalue weighted by atomic mass is 10.1. The standard InChI is InChI=1S/C31H33FN4O2/c32-27-14-11-26(12-15-27)23-36-29-6-2-1-5-28(29)33-31(36)35-20-3-18-34(19-4-21-35)22-17-25-9-7-24(8-10-25)13-16-30(37)38/h1-2,5-16H,3-4,17-23H2,(H,37,38)/b16-13+. The third-order valence-electron chi connectivity index (χ3n) is 7.09. The molecule has 1 aromatic heterocycles. The fourth-order valence-electron chi connectivity index (χ4n) is 5.10. The number of nitrogens with zero attached hydrogens (tertiary/aromatic N) is 4. The van der Waals surface area contributed by atoms with E-state index in [1.165, 1.54) is 17.7 Å². The Balaban J connectivity index is 1.21. The molecule has 1 N–H and O–H groups in total. The molecule has 0 aliphatic carbocycles. The maximum atomic E-state index is 13.5. The van der Waals surface area contributed by atoms with E-state index >= 15 is 0 Å². The second-order valence-electron chi connectivity index (χ2n) is 9.81. The number of halogens is 1. The number of para-hydroxylation sites is 2. The van der Waals surface area contributed by atoms with Gasteiger partial charge in [0, 0.05) is 25.7 Å². The van der Waals surface area contributed by atoms with Crippen molar-refractivity contribution in [1.29, 1.82) is 0 Å². The van der Waals surface area contributed by atoms with Crippen molar-refractivity contribution in [2.45, 2.75) is 25.8 Å². The summed E-state index contributed by atoms with van der Waals surface area (Å²) >= 11 is 0. The van der Waals surface area contributed by atoms with Crippen molar-refractivity contribution in [3.63, 3.8) is 0 Å². The molecule has 0 saturated carbocycles. The third kappa shape index (κ3) is 6.47. The molecule has 4 aromatic rings. The number of aromatic nitrogens is 2. The second kappa shape index (κ2) is 12.0. The van der Waals surface area contributed by atoms with Gasteiger partial charge in [0.1, 0.15) is 5.82 Å². The SMILES string of the molecule is O=C(O)/C=C/c1ccc(CCN2CCCN(c3nc4ccccc4n3Cc3ccc(F)cc3)CCC2)cc1. The number of benzene rings is 3. The zero-order valence-corrected chi connectivity index (χ0v) is 21.5. The lowest BCUT2D eigenvalue weighted by molar-refractivity contribution is -0.131. The first kappa shape index (κ1) is 25.7. The number of anilines is 1. The summed E-state index contributed by atoms with van der Waals surface area (Å²) in [5, 5.41) is 8.79. The number of rotatable bonds is 8. The van der Waals surface area contributed by atoms with E-state index in [4.69, 9.17) is 10.1 Å². The van der Waals surface area contributed by atoms with Crippen LogP contribution in [0.5, 0.6) is 0 Å². The van der Waals surface area contributed by atoms with Gasteiger partial charge < -0.3 is 19.5 Å². The highest BCUT2D eigenvalue weighted by Gasteiger charge is 2.20. The van der Waals surface area contributed by atoms with Crippen molar-refractivity contribution in [1.82, 2.24) is 14.5 Å². The maximum Gasteiger partial charge on any atom is 0.328 e. The molecule has 7 heteroatoms. The van der Waals surface area contributed by atoms with Gasteiger partial charge in [0.2, 0.25) is 5.95 Å². The average molecular weight is 513 g/mol. The first-order valence-electron chi connectivity index (χ1n) is 13.2. The highest BCUT2D eigenvalue weighted by molar-refractivity contribution is 5.85. The summed E-state index contributed by atoms with van der Waals surface area (Å²) < 4.78 is 15.7. The first-order valence-corrected chi connectivity index (χ1v) is 13.2. The molecule has 3 aromatic carbocycles. The van der Waals surface area contributed by atoms with E-state index < -0.39 is 5.97 Å². The molecule has 1 aliphatic heterocycles. The Labute approximate surface area is 222 Å². The van der Waals surface area contributed by atoms with Crippen LogP contribution in [0.1, 0.15) is 29.5 Å². The minimum absolute atomic E-state index is 0.220. The van der Waals surface area contributed by atoms with E-state index in [9.17, 15) is 9.18 Å². The van der Waals surface area contributed by atoms with Gasteiger partial charge in [-0.2, -0.15) is 0 Å². The van der Waals surface area contributed by atoms with Gasteiger partial charge in [-0.05, 0) is 79.4 Å². The topological polar surface area (TPSA) is 61.6 Å². The fraction of sp³-hybridized carbons (Fsp3) is 0.290. The van der Waals surface area contributed by atoms with Crippen LogP contribution in [0.15, 0.2) is 78.9 Å². The van der Waals surface area contributed by atoms with Crippen LogP contribution in [0.25, 0.3) is 17.1 Å². The molecule has 1 fully saturated rings. The number of imidazole rings is 1. The van der Waals surface area contributed by atoms with Gasteiger partial charge in [0.15, 0.2) is 0 Å². The minimum atomic E-state index is -0.935. The summed E-state index contributed by atoms with van der Waals surface area (Å²) in [5.74, 6) is -0.168. The maximum absolute atomic E-state index is 13.5. The van der Waals surface area contributed by atoms with E-state index in [1.54, 1.807) is 6.08 Å². The van der Waals surface area contributed by atoms with Crippen molar-refractivity contribution in [3.05, 3.63) is 101 Å². The molecule has 196 valence electrons. The van der Waals surface area contributed by atoms with Crippen molar-refractivity contribution in [2.75, 3.05) is 37.6 Å². The Morgan fingerprint density at radius 3 is 2.29 bits per heavy atom. The summed E-state index contributed by atoms with van der Waals surface area (Å²) in [6.45, 7) is 5.61. The van der Waals surface area contributed by atoms with Gasteiger partial charge >= 0.3 is 5.97 Å². The monoisotopic (exact) mass is 512 g/mol. The second-order valence-corrected chi connectivity index (χ2v) is 9.81. The lowest BCUT2D eigenvalue weighted by Crippen LogP contribution is -2.38. The molecule has 0 unspecified atom stereocenters. The van der Waals surface area contributed by atoms with Gasteiger partial charge in [-0.3, -0.25) is 0 Å². The summed E-state index contributed by atoms with van der Waals surface area (Å²) in [6, 6.07) is 23.1. The third-order valence-corrected chi connectivity index (χ3v) is 7.09. The van der Waals surface area contributed by atoms with Crippen LogP contribution in [0.3, 0.4) is 0 Å². The molecule has 2 heterocycles. The number of carbonyl (C=O) groups is 1. The van der Waals surface area contributed by atoms with Crippen molar-refractivity contribution in [3.8, 4) is 0 Å². The van der Waals surface area contributed by atoms with Crippen LogP contribution in [-0.4, -0.2) is 58.3 Å². The average Bonchev–Trinajstić information content (AvgIpc) is 3.27. The summed E-state index contributed by atoms with van der Waals surface area (Å²) in [6.07, 6.45) is 5.86. The Morgan fingerprint density at radius 2 is 1.58 bits per heavy atom. The Bertz CT molecular complexity index is 1390. The van der Waals surface area contributed by atoms with Crippen LogP contribution in [-0.2, 0) is 17.8 Å². The number of fused-ring (bicyclic) bond motifs is 1. The highest BCUT2D eigenvalue weighted by Crippen LogP contribution is 2.25. The number of carboxylic acids is 1. The molecule has 1 aliphatic rings. The number of carboxylic acid groups (broad SMARTS) is 1. The van der Waals surface area contributed by atoms with Crippen molar-refractivity contribution in [2.24, 2.45) is 0 Å². The fourth-order valence-corrected chi connectivity index (χ4v) is 5.10. The number of hydrogen-bond acceptors (Lipinski definition) is 4. The number of hydrogen-bond donors (Lipinski definition) is 1. The van der Waals surface area contributed by atoms with Crippen LogP contribution in [0.4, 0.5) is 10.3 Å². The van der Waals surface area contributed by atoms with Crippen LogP contribution >= 0.6 is 0 Å². The van der Waals surface area contributed by atoms with Gasteiger partial charge in [0.25, 0.3) is 0 Å². The van der Waals surface area contributed by atoms with Gasteiger partial charge in [0.05, 0.1) is 17.6 Å². The van der Waals surface area contributed by atoms with Crippen molar-refractivity contribution < 1.29 is 14.3 Å². The summed E-state index contributed by atoms with van der Waals surface area (Å²) in [7, 11) is 0. The predicted molar refractivity (Wildman–Crippen MR) is 150 cm³/mol. The molecule has 38 heavy (non-hydrogen) atoms. The summed E-state index contributed by atoms with van der Waals surface area (Å²) in [4.78, 5) is 20.7. The lowest BCUT2D eigenvalue weighted by Gasteiger charge is -2.31. The zero-order valence-electron chi connectivity index (χ0n) is 21.5. The number of aliphatic carboxylic acids is 1. The molecule has 0 atom stereocenters. The Kier molecular flexibility index (Phi) is 8.14. The largest absolute Gasteiger partial charge is 0.478 e. The molecule has 0 radical (unpaired) electrons. The van der Waals surface area contributed by atoms with E-state index in [0.717, 1.165) is 86.2 Å². The smallest absolute Gasteiger partial charge is 0.328 e. The van der Waals surface area contributed by atoms with Crippen LogP contribution < -0.4 is 4.90 Å². The quantitative estimate of drug-likeness (QED) is 0.318. The highest BCUT2D eigenvalue weighted by atomic mass is 19.1. The predicted octanol–water partition coefficient (Wildman–Crippen LogP) is 5.47. The molecule has 5 rings (SSSR count). The molecule has 0 bridgehead atoms. The van der Waals surface area contributed by atoms with Crippen molar-refractivity contribution >= 4 is 29.0 Å². The van der Waals surface area contributed by atoms with Gasteiger partial charge in [-0.1, -0.05) is 48.5 Å². The Hall–Kier alpha value is -3.97. The van der Waals surface area contributed by atoms with E-state index in [1.807, 2.05) is 36.4 Å². The van der Waals surface area contributed by atoms with Crippen LogP contribution in [0.2, 0.25) is 0 Å². The minimum Gasteiger partial charge on any atom is -0.478 e. The molecular weight excluding hydrogens is 479 g/mol. The molecular formula is C31H33FN4O2. The van der Waals surface area contributed by atoms with Gasteiger partial charge in [-0.25, -0.2) is 14.2 Å².